The number of imidazole rings is 1. The molecule has 0 bridgehead atoms. The zero-order valence-electron chi connectivity index (χ0n) is 9.95. The molecule has 5 nitrogen and oxygen atoms in total. The molecule has 0 aliphatic heterocycles. The van der Waals surface area contributed by atoms with Gasteiger partial charge in [0, 0.05) is 7.05 Å². The molecule has 0 saturated heterocycles. The number of nitrogens with zero attached hydrogens (tertiary/aromatic N) is 4. The molecule has 0 unspecified atom stereocenters. The van der Waals surface area contributed by atoms with Crippen LogP contribution in [0.15, 0.2) is 41.7 Å². The molecule has 2 rings (SSSR count). The van der Waals surface area contributed by atoms with Gasteiger partial charge in [-0.15, -0.1) is 0 Å². The first-order valence-electron chi connectivity index (χ1n) is 5.42. The van der Waals surface area contributed by atoms with Gasteiger partial charge in [0.25, 0.3) is 0 Å². The maximum absolute atomic E-state index is 8.77. The van der Waals surface area contributed by atoms with Crippen molar-refractivity contribution in [2.75, 3.05) is 0 Å². The Hall–Kier alpha value is -2.61. The summed E-state index contributed by atoms with van der Waals surface area (Å²) in [7, 11) is 1.75. The first kappa shape index (κ1) is 11.9. The smallest absolute Gasteiger partial charge is 0.155 e. The van der Waals surface area contributed by atoms with Gasteiger partial charge in [-0.05, 0) is 5.56 Å². The third kappa shape index (κ3) is 2.74. The van der Waals surface area contributed by atoms with Crippen LogP contribution in [0.5, 0.6) is 0 Å². The van der Waals surface area contributed by atoms with Crippen LogP contribution < -0.4 is 0 Å². The Labute approximate surface area is 105 Å². The van der Waals surface area contributed by atoms with Gasteiger partial charge in [-0.3, -0.25) is 0 Å². The van der Waals surface area contributed by atoms with E-state index in [1.807, 2.05) is 36.4 Å². The molecule has 0 atom stereocenters. The highest BCUT2D eigenvalue weighted by Crippen LogP contribution is 2.02. The molecular weight excluding hydrogens is 228 g/mol. The van der Waals surface area contributed by atoms with Gasteiger partial charge >= 0.3 is 0 Å². The Morgan fingerprint density at radius 2 is 2.22 bits per heavy atom. The Kier molecular flexibility index (Phi) is 3.72. The lowest BCUT2D eigenvalue weighted by atomic mass is 10.2. The van der Waals surface area contributed by atoms with E-state index in [0.717, 1.165) is 5.56 Å². The Morgan fingerprint density at radius 1 is 1.44 bits per heavy atom. The summed E-state index contributed by atoms with van der Waals surface area (Å²) in [6.45, 7) is 0.410. The standard InChI is InChI=1S/C13H12N4O/c1-17-12(7-14)8-15-13(17)9-16-18-10-11-5-3-2-4-6-11/h2-6,8-9H,10H2,1H3. The van der Waals surface area contributed by atoms with Crippen LogP contribution in [-0.4, -0.2) is 15.8 Å². The highest BCUT2D eigenvalue weighted by Gasteiger charge is 2.02. The van der Waals surface area contributed by atoms with Crippen LogP contribution in [0.2, 0.25) is 0 Å². The van der Waals surface area contributed by atoms with Crippen molar-refractivity contribution in [2.45, 2.75) is 6.61 Å². The van der Waals surface area contributed by atoms with E-state index in [-0.39, 0.29) is 0 Å². The molecule has 0 spiro atoms. The van der Waals surface area contributed by atoms with E-state index in [9.17, 15) is 0 Å². The molecule has 1 heterocycles. The van der Waals surface area contributed by atoms with Crippen molar-refractivity contribution < 1.29 is 4.84 Å². The summed E-state index contributed by atoms with van der Waals surface area (Å²) in [5, 5.41) is 12.6. The van der Waals surface area contributed by atoms with Gasteiger partial charge in [-0.25, -0.2) is 4.98 Å². The van der Waals surface area contributed by atoms with Crippen LogP contribution in [0.4, 0.5) is 0 Å². The van der Waals surface area contributed by atoms with Gasteiger partial charge in [-0.1, -0.05) is 35.5 Å². The molecule has 2 aromatic rings. The van der Waals surface area contributed by atoms with Gasteiger partial charge < -0.3 is 9.40 Å². The number of hydrogen-bond donors (Lipinski definition) is 0. The van der Waals surface area contributed by atoms with Gasteiger partial charge in [-0.2, -0.15) is 5.26 Å². The topological polar surface area (TPSA) is 63.2 Å². The van der Waals surface area contributed by atoms with Crippen molar-refractivity contribution in [2.24, 2.45) is 12.2 Å². The highest BCUT2D eigenvalue weighted by atomic mass is 16.6. The lowest BCUT2D eigenvalue weighted by Gasteiger charge is -1.99. The van der Waals surface area contributed by atoms with Crippen LogP contribution in [0.3, 0.4) is 0 Å². The molecular formula is C13H12N4O. The van der Waals surface area contributed by atoms with E-state index in [4.69, 9.17) is 10.1 Å². The first-order valence-corrected chi connectivity index (χ1v) is 5.42. The zero-order chi connectivity index (χ0) is 12.8. The van der Waals surface area contributed by atoms with Crippen molar-refractivity contribution in [1.82, 2.24) is 9.55 Å². The Bertz CT molecular complexity index is 581. The zero-order valence-corrected chi connectivity index (χ0v) is 9.95. The first-order chi connectivity index (χ1) is 8.81. The van der Waals surface area contributed by atoms with Gasteiger partial charge in [0.1, 0.15) is 24.6 Å². The summed E-state index contributed by atoms with van der Waals surface area (Å²) < 4.78 is 1.65. The predicted octanol–water partition coefficient (Wildman–Crippen LogP) is 1.84. The molecule has 90 valence electrons. The normalized spacial score (nSPS) is 10.4. The lowest BCUT2D eigenvalue weighted by molar-refractivity contribution is 0.132. The van der Waals surface area contributed by atoms with Gasteiger partial charge in [0.2, 0.25) is 0 Å². The van der Waals surface area contributed by atoms with Crippen molar-refractivity contribution in [1.29, 1.82) is 5.26 Å². The fourth-order valence-corrected chi connectivity index (χ4v) is 1.42. The molecule has 0 saturated carbocycles. The summed E-state index contributed by atoms with van der Waals surface area (Å²) in [5.41, 5.74) is 1.53. The number of aromatic nitrogens is 2. The van der Waals surface area contributed by atoms with Crippen LogP contribution in [0.25, 0.3) is 0 Å². The average molecular weight is 240 g/mol. The monoisotopic (exact) mass is 240 g/mol. The highest BCUT2D eigenvalue weighted by molar-refractivity contribution is 5.74. The molecule has 0 aliphatic carbocycles. The van der Waals surface area contributed by atoms with Crippen molar-refractivity contribution >= 4 is 6.21 Å². The molecule has 0 aliphatic rings. The lowest BCUT2D eigenvalue weighted by Crippen LogP contribution is -1.99. The minimum Gasteiger partial charge on any atom is -0.391 e. The summed E-state index contributed by atoms with van der Waals surface area (Å²) in [6, 6.07) is 11.8. The maximum atomic E-state index is 8.77. The molecule has 0 amide bonds. The molecule has 5 heteroatoms. The molecule has 1 aromatic heterocycles. The summed E-state index contributed by atoms with van der Waals surface area (Å²) >= 11 is 0. The minimum atomic E-state index is 0.410. The largest absolute Gasteiger partial charge is 0.391 e. The van der Waals surface area contributed by atoms with E-state index in [1.54, 1.807) is 11.6 Å². The van der Waals surface area contributed by atoms with Crippen LogP contribution in [-0.2, 0) is 18.5 Å². The van der Waals surface area contributed by atoms with Crippen molar-refractivity contribution in [3.63, 3.8) is 0 Å². The average Bonchev–Trinajstić information content (AvgIpc) is 2.77. The van der Waals surface area contributed by atoms with E-state index >= 15 is 0 Å². The van der Waals surface area contributed by atoms with E-state index in [2.05, 4.69) is 10.1 Å². The second kappa shape index (κ2) is 5.64. The number of nitriles is 1. The number of benzene rings is 1. The minimum absolute atomic E-state index is 0.410. The third-order valence-electron chi connectivity index (χ3n) is 2.46. The SMILES string of the molecule is Cn1c(C#N)cnc1C=NOCc1ccccc1. The molecule has 0 radical (unpaired) electrons. The summed E-state index contributed by atoms with van der Waals surface area (Å²) in [4.78, 5) is 9.20. The maximum Gasteiger partial charge on any atom is 0.155 e. The number of rotatable bonds is 4. The quantitative estimate of drug-likeness (QED) is 0.605. The molecule has 18 heavy (non-hydrogen) atoms. The van der Waals surface area contributed by atoms with E-state index in [1.165, 1.54) is 12.4 Å². The Balaban J connectivity index is 1.92. The second-order valence-electron chi connectivity index (χ2n) is 3.67. The summed E-state index contributed by atoms with van der Waals surface area (Å²) in [5.74, 6) is 0.583. The predicted molar refractivity (Wildman–Crippen MR) is 66.7 cm³/mol. The summed E-state index contributed by atoms with van der Waals surface area (Å²) in [6.07, 6.45) is 2.99. The fourth-order valence-electron chi connectivity index (χ4n) is 1.42. The number of oxime groups is 1. The third-order valence-corrected chi connectivity index (χ3v) is 2.46. The molecule has 0 fully saturated rings. The van der Waals surface area contributed by atoms with Crippen molar-refractivity contribution in [3.8, 4) is 6.07 Å². The molecule has 1 aromatic carbocycles. The van der Waals surface area contributed by atoms with Crippen molar-refractivity contribution in [3.05, 3.63) is 53.6 Å². The van der Waals surface area contributed by atoms with E-state index in [0.29, 0.717) is 18.1 Å². The van der Waals surface area contributed by atoms with Crippen LogP contribution >= 0.6 is 0 Å². The van der Waals surface area contributed by atoms with Crippen LogP contribution in [0, 0.1) is 11.3 Å². The van der Waals surface area contributed by atoms with E-state index < -0.39 is 0 Å². The molecule has 0 N–H and O–H groups in total. The number of hydrogen-bond acceptors (Lipinski definition) is 4. The van der Waals surface area contributed by atoms with Crippen LogP contribution in [0.1, 0.15) is 17.1 Å². The second-order valence-corrected chi connectivity index (χ2v) is 3.67. The van der Waals surface area contributed by atoms with Gasteiger partial charge in [0.05, 0.1) is 6.20 Å². The van der Waals surface area contributed by atoms with Gasteiger partial charge in [0.15, 0.2) is 5.82 Å². The Morgan fingerprint density at radius 3 is 2.89 bits per heavy atom. The fraction of sp³-hybridized carbons (Fsp3) is 0.154.